The molecule has 4 rings (SSSR count). The summed E-state index contributed by atoms with van der Waals surface area (Å²) in [4.78, 5) is 28.5. The molecule has 1 aliphatic rings. The van der Waals surface area contributed by atoms with E-state index in [1.807, 2.05) is 43.1 Å². The number of rotatable bonds is 7. The van der Waals surface area contributed by atoms with Gasteiger partial charge in [-0.2, -0.15) is 0 Å². The van der Waals surface area contributed by atoms with E-state index in [9.17, 15) is 9.59 Å². The summed E-state index contributed by atoms with van der Waals surface area (Å²) in [7, 11) is 1.89. The largest absolute Gasteiger partial charge is 0.360 e. The number of nitrogens with one attached hydrogen (secondary N) is 1. The van der Waals surface area contributed by atoms with E-state index in [0.717, 1.165) is 29.2 Å². The Labute approximate surface area is 198 Å². The second-order valence-electron chi connectivity index (χ2n) is 8.46. The van der Waals surface area contributed by atoms with E-state index in [0.29, 0.717) is 28.6 Å². The zero-order valence-corrected chi connectivity index (χ0v) is 19.9. The van der Waals surface area contributed by atoms with Crippen molar-refractivity contribution < 1.29 is 14.1 Å². The molecule has 7 heteroatoms. The lowest BCUT2D eigenvalue weighted by atomic mass is 9.94. The number of hydrogen-bond acceptors (Lipinski definition) is 5. The number of nitrogens with zero attached hydrogens (tertiary/aromatic N) is 2. The Hall–Kier alpha value is -3.06. The summed E-state index contributed by atoms with van der Waals surface area (Å²) in [6.07, 6.45) is 5.78. The number of anilines is 1. The van der Waals surface area contributed by atoms with E-state index >= 15 is 0 Å². The highest BCUT2D eigenvalue weighted by atomic mass is 32.2. The summed E-state index contributed by atoms with van der Waals surface area (Å²) in [6.45, 7) is 1.88. The monoisotopic (exact) mass is 463 g/mol. The van der Waals surface area contributed by atoms with Gasteiger partial charge in [-0.3, -0.25) is 9.59 Å². The Morgan fingerprint density at radius 1 is 1.09 bits per heavy atom. The van der Waals surface area contributed by atoms with Crippen LogP contribution < -0.4 is 5.32 Å². The molecule has 0 unspecified atom stereocenters. The Bertz CT molecular complexity index is 1100. The average molecular weight is 464 g/mol. The van der Waals surface area contributed by atoms with Gasteiger partial charge in [0, 0.05) is 35.3 Å². The number of carbonyl (C=O) groups is 2. The number of benzene rings is 2. The van der Waals surface area contributed by atoms with Gasteiger partial charge in [-0.25, -0.2) is 0 Å². The summed E-state index contributed by atoms with van der Waals surface area (Å²) >= 11 is 1.53. The Kier molecular flexibility index (Phi) is 7.50. The molecule has 1 aliphatic carbocycles. The van der Waals surface area contributed by atoms with Crippen LogP contribution in [0, 0.1) is 6.92 Å². The van der Waals surface area contributed by atoms with Gasteiger partial charge in [0.05, 0.1) is 17.0 Å². The first-order valence-electron chi connectivity index (χ1n) is 11.3. The molecule has 0 aliphatic heterocycles. The Balaban J connectivity index is 1.39. The predicted octanol–water partition coefficient (Wildman–Crippen LogP) is 5.93. The number of amides is 2. The van der Waals surface area contributed by atoms with Gasteiger partial charge < -0.3 is 14.7 Å². The SMILES string of the molecule is Cc1cc(CSc2ccccc2C(=O)Nc2ccc(C(=O)N(C)C3CCCCC3)cc2)on1. The number of aromatic nitrogens is 1. The van der Waals surface area contributed by atoms with Crippen molar-refractivity contribution in [2.45, 2.75) is 55.7 Å². The smallest absolute Gasteiger partial charge is 0.256 e. The number of carbonyl (C=O) groups excluding carboxylic acids is 2. The molecule has 172 valence electrons. The quantitative estimate of drug-likeness (QED) is 0.439. The van der Waals surface area contributed by atoms with Crippen molar-refractivity contribution in [3.63, 3.8) is 0 Å². The molecule has 1 aromatic heterocycles. The second-order valence-corrected chi connectivity index (χ2v) is 9.48. The van der Waals surface area contributed by atoms with Gasteiger partial charge in [-0.05, 0) is 56.2 Å². The highest BCUT2D eigenvalue weighted by Crippen LogP contribution is 2.28. The number of thioether (sulfide) groups is 1. The zero-order chi connectivity index (χ0) is 23.2. The van der Waals surface area contributed by atoms with Gasteiger partial charge in [-0.15, -0.1) is 11.8 Å². The molecule has 0 radical (unpaired) electrons. The maximum atomic E-state index is 12.9. The lowest BCUT2D eigenvalue weighted by molar-refractivity contribution is 0.0696. The second kappa shape index (κ2) is 10.7. The third-order valence-electron chi connectivity index (χ3n) is 6.01. The molecule has 1 heterocycles. The summed E-state index contributed by atoms with van der Waals surface area (Å²) in [6, 6.07) is 16.8. The van der Waals surface area contributed by atoms with Crippen molar-refractivity contribution in [2.75, 3.05) is 12.4 Å². The zero-order valence-electron chi connectivity index (χ0n) is 19.0. The molecule has 1 saturated carbocycles. The van der Waals surface area contributed by atoms with E-state index in [1.165, 1.54) is 31.0 Å². The van der Waals surface area contributed by atoms with E-state index in [1.54, 1.807) is 30.3 Å². The van der Waals surface area contributed by atoms with Gasteiger partial charge in [-0.1, -0.05) is 36.6 Å². The highest BCUT2D eigenvalue weighted by Gasteiger charge is 2.23. The van der Waals surface area contributed by atoms with Gasteiger partial charge in [0.15, 0.2) is 0 Å². The lowest BCUT2D eigenvalue weighted by Gasteiger charge is -2.31. The first-order chi connectivity index (χ1) is 16.0. The summed E-state index contributed by atoms with van der Waals surface area (Å²) in [5, 5.41) is 6.85. The maximum Gasteiger partial charge on any atom is 0.256 e. The van der Waals surface area contributed by atoms with Crippen LogP contribution in [0.1, 0.15) is 64.3 Å². The van der Waals surface area contributed by atoms with Gasteiger partial charge >= 0.3 is 0 Å². The van der Waals surface area contributed by atoms with E-state index in [2.05, 4.69) is 10.5 Å². The molecule has 0 atom stereocenters. The minimum atomic E-state index is -0.190. The topological polar surface area (TPSA) is 75.4 Å². The average Bonchev–Trinajstić information content (AvgIpc) is 3.28. The molecule has 33 heavy (non-hydrogen) atoms. The van der Waals surface area contributed by atoms with Crippen molar-refractivity contribution in [1.29, 1.82) is 0 Å². The molecular weight excluding hydrogens is 434 g/mol. The third-order valence-corrected chi connectivity index (χ3v) is 7.11. The minimum absolute atomic E-state index is 0.0316. The Morgan fingerprint density at radius 3 is 2.52 bits per heavy atom. The van der Waals surface area contributed by atoms with Crippen molar-refractivity contribution in [1.82, 2.24) is 10.1 Å². The molecule has 0 spiro atoms. The van der Waals surface area contributed by atoms with Gasteiger partial charge in [0.25, 0.3) is 11.8 Å². The highest BCUT2D eigenvalue weighted by molar-refractivity contribution is 7.98. The third kappa shape index (κ3) is 5.85. The molecule has 0 bridgehead atoms. The molecule has 1 fully saturated rings. The Morgan fingerprint density at radius 2 is 1.82 bits per heavy atom. The van der Waals surface area contributed by atoms with Crippen molar-refractivity contribution in [3.8, 4) is 0 Å². The van der Waals surface area contributed by atoms with Crippen LogP contribution in [0.2, 0.25) is 0 Å². The van der Waals surface area contributed by atoms with Crippen LogP contribution in [-0.4, -0.2) is 35.0 Å². The molecule has 2 amide bonds. The van der Waals surface area contributed by atoms with E-state index in [-0.39, 0.29) is 11.8 Å². The van der Waals surface area contributed by atoms with Crippen molar-refractivity contribution in [3.05, 3.63) is 77.2 Å². The fourth-order valence-corrected chi connectivity index (χ4v) is 5.07. The van der Waals surface area contributed by atoms with E-state index < -0.39 is 0 Å². The van der Waals surface area contributed by atoms with Gasteiger partial charge in [0.2, 0.25) is 0 Å². The van der Waals surface area contributed by atoms with Crippen LogP contribution in [0.3, 0.4) is 0 Å². The lowest BCUT2D eigenvalue weighted by Crippen LogP contribution is -2.38. The summed E-state index contributed by atoms with van der Waals surface area (Å²) in [5.74, 6) is 1.21. The molecule has 6 nitrogen and oxygen atoms in total. The van der Waals surface area contributed by atoms with Crippen molar-refractivity contribution >= 4 is 29.3 Å². The van der Waals surface area contributed by atoms with Crippen LogP contribution >= 0.6 is 11.8 Å². The predicted molar refractivity (Wildman–Crippen MR) is 131 cm³/mol. The van der Waals surface area contributed by atoms with Crippen LogP contribution in [0.5, 0.6) is 0 Å². The summed E-state index contributed by atoms with van der Waals surface area (Å²) < 4.78 is 5.27. The van der Waals surface area contributed by atoms with Crippen LogP contribution in [0.15, 0.2) is 64.0 Å². The molecule has 1 N–H and O–H groups in total. The standard InChI is InChI=1S/C26H29N3O3S/c1-18-16-22(32-28-18)17-33-24-11-7-6-10-23(24)25(30)27-20-14-12-19(13-15-20)26(31)29(2)21-8-4-3-5-9-21/h6-7,10-16,21H,3-5,8-9,17H2,1-2H3,(H,27,30). The molecular formula is C26H29N3O3S. The van der Waals surface area contributed by atoms with Gasteiger partial charge in [0.1, 0.15) is 5.76 Å². The first kappa shape index (κ1) is 23.1. The van der Waals surface area contributed by atoms with Crippen molar-refractivity contribution in [2.24, 2.45) is 0 Å². The fourth-order valence-electron chi connectivity index (χ4n) is 4.15. The fraction of sp³-hybridized carbons (Fsp3) is 0.346. The maximum absolute atomic E-state index is 12.9. The van der Waals surface area contributed by atoms with E-state index in [4.69, 9.17) is 4.52 Å². The van der Waals surface area contributed by atoms with Crippen LogP contribution in [-0.2, 0) is 5.75 Å². The molecule has 2 aromatic carbocycles. The first-order valence-corrected chi connectivity index (χ1v) is 12.3. The normalized spacial score (nSPS) is 14.1. The minimum Gasteiger partial charge on any atom is -0.360 e. The van der Waals surface area contributed by atoms with Crippen LogP contribution in [0.4, 0.5) is 5.69 Å². The number of aryl methyl sites for hydroxylation is 1. The summed E-state index contributed by atoms with van der Waals surface area (Å²) in [5.41, 5.74) is 2.72. The number of hydrogen-bond donors (Lipinski definition) is 1. The molecule has 3 aromatic rings. The van der Waals surface area contributed by atoms with Crippen LogP contribution in [0.25, 0.3) is 0 Å². The molecule has 0 saturated heterocycles.